The first kappa shape index (κ1) is 10.0. The maximum Gasteiger partial charge on any atom is 0.157 e. The fraction of sp³-hybridized carbons (Fsp3) is 0.778. The van der Waals surface area contributed by atoms with Gasteiger partial charge in [-0.1, -0.05) is 12.2 Å². The van der Waals surface area contributed by atoms with E-state index in [1.54, 1.807) is 0 Å². The molecule has 0 aliphatic carbocycles. The Labute approximate surface area is 78.5 Å². The second kappa shape index (κ2) is 6.46. The van der Waals surface area contributed by atoms with Crippen molar-refractivity contribution >= 4 is 11.6 Å². The normalized spacial score (nSPS) is 24.9. The van der Waals surface area contributed by atoms with E-state index in [9.17, 15) is 0 Å². The first-order chi connectivity index (χ1) is 5.93. The van der Waals surface area contributed by atoms with Crippen LogP contribution in [0, 0.1) is 0 Å². The van der Waals surface area contributed by atoms with Gasteiger partial charge in [-0.15, -0.1) is 11.6 Å². The van der Waals surface area contributed by atoms with Gasteiger partial charge in [0.05, 0.1) is 6.61 Å². The minimum absolute atomic E-state index is 0.0127. The van der Waals surface area contributed by atoms with E-state index in [4.69, 9.17) is 21.1 Å². The van der Waals surface area contributed by atoms with Crippen LogP contribution in [0.25, 0.3) is 0 Å². The van der Waals surface area contributed by atoms with Crippen LogP contribution in [0.1, 0.15) is 19.3 Å². The lowest BCUT2D eigenvalue weighted by molar-refractivity contribution is -0.155. The predicted molar refractivity (Wildman–Crippen MR) is 49.4 cm³/mol. The highest BCUT2D eigenvalue weighted by Crippen LogP contribution is 2.13. The maximum absolute atomic E-state index is 5.45. The molecule has 1 saturated heterocycles. The minimum atomic E-state index is 0.0127. The fourth-order valence-electron chi connectivity index (χ4n) is 1.14. The molecule has 0 aromatic rings. The van der Waals surface area contributed by atoms with E-state index in [0.717, 1.165) is 19.4 Å². The summed E-state index contributed by atoms with van der Waals surface area (Å²) in [5.41, 5.74) is 0. The van der Waals surface area contributed by atoms with E-state index in [1.165, 1.54) is 6.42 Å². The molecule has 1 heterocycles. The lowest BCUT2D eigenvalue weighted by Gasteiger charge is -2.21. The third-order valence-corrected chi connectivity index (χ3v) is 1.95. The molecule has 0 aromatic carbocycles. The number of hydrogen-bond donors (Lipinski definition) is 0. The zero-order valence-corrected chi connectivity index (χ0v) is 7.93. The molecule has 70 valence electrons. The monoisotopic (exact) mass is 190 g/mol. The van der Waals surface area contributed by atoms with E-state index in [0.29, 0.717) is 12.5 Å². The Kier molecular flexibility index (Phi) is 5.41. The SMILES string of the molecule is ClC/C=C/CO[C@@H]1CCCCO1. The molecule has 0 spiro atoms. The van der Waals surface area contributed by atoms with Crippen molar-refractivity contribution in [2.45, 2.75) is 25.6 Å². The molecule has 0 N–H and O–H groups in total. The first-order valence-corrected chi connectivity index (χ1v) is 4.91. The van der Waals surface area contributed by atoms with Crippen LogP contribution < -0.4 is 0 Å². The highest BCUT2D eigenvalue weighted by molar-refractivity contribution is 6.18. The van der Waals surface area contributed by atoms with E-state index in [-0.39, 0.29) is 6.29 Å². The Hall–Kier alpha value is -0.0500. The quantitative estimate of drug-likeness (QED) is 0.501. The Morgan fingerprint density at radius 3 is 3.00 bits per heavy atom. The molecule has 0 bridgehead atoms. The van der Waals surface area contributed by atoms with Crippen LogP contribution >= 0.6 is 11.6 Å². The van der Waals surface area contributed by atoms with E-state index in [1.807, 2.05) is 12.2 Å². The molecule has 3 heteroatoms. The summed E-state index contributed by atoms with van der Waals surface area (Å²) in [7, 11) is 0. The Bertz CT molecular complexity index is 130. The molecule has 0 aromatic heterocycles. The van der Waals surface area contributed by atoms with Gasteiger partial charge in [-0.2, -0.15) is 0 Å². The number of halogens is 1. The number of alkyl halides is 1. The van der Waals surface area contributed by atoms with Crippen molar-refractivity contribution < 1.29 is 9.47 Å². The summed E-state index contributed by atoms with van der Waals surface area (Å²) in [6, 6.07) is 0. The molecular weight excluding hydrogens is 176 g/mol. The summed E-state index contributed by atoms with van der Waals surface area (Å²) in [5, 5.41) is 0. The van der Waals surface area contributed by atoms with Crippen LogP contribution in [-0.4, -0.2) is 25.4 Å². The van der Waals surface area contributed by atoms with E-state index < -0.39 is 0 Å². The topological polar surface area (TPSA) is 18.5 Å². The van der Waals surface area contributed by atoms with Crippen LogP contribution in [0.3, 0.4) is 0 Å². The van der Waals surface area contributed by atoms with Gasteiger partial charge in [0.1, 0.15) is 0 Å². The average molecular weight is 191 g/mol. The molecule has 0 radical (unpaired) electrons. The van der Waals surface area contributed by atoms with Gasteiger partial charge in [-0.3, -0.25) is 0 Å². The molecule has 1 rings (SSSR count). The summed E-state index contributed by atoms with van der Waals surface area (Å²) in [4.78, 5) is 0. The van der Waals surface area contributed by atoms with Crippen molar-refractivity contribution in [1.82, 2.24) is 0 Å². The van der Waals surface area contributed by atoms with Crippen LogP contribution in [0.4, 0.5) is 0 Å². The third kappa shape index (κ3) is 4.10. The predicted octanol–water partition coefficient (Wildman–Crippen LogP) is 2.32. The summed E-state index contributed by atoms with van der Waals surface area (Å²) < 4.78 is 10.8. The summed E-state index contributed by atoms with van der Waals surface area (Å²) in [5.74, 6) is 0.550. The summed E-state index contributed by atoms with van der Waals surface area (Å²) in [6.45, 7) is 1.45. The molecule has 1 aliphatic rings. The van der Waals surface area contributed by atoms with E-state index in [2.05, 4.69) is 0 Å². The van der Waals surface area contributed by atoms with Crippen molar-refractivity contribution in [3.8, 4) is 0 Å². The molecule has 12 heavy (non-hydrogen) atoms. The van der Waals surface area contributed by atoms with Crippen molar-refractivity contribution in [3.63, 3.8) is 0 Å². The zero-order valence-electron chi connectivity index (χ0n) is 7.17. The van der Waals surface area contributed by atoms with Crippen molar-refractivity contribution in [3.05, 3.63) is 12.2 Å². The zero-order chi connectivity index (χ0) is 8.65. The highest BCUT2D eigenvalue weighted by atomic mass is 35.5. The molecule has 1 fully saturated rings. The summed E-state index contributed by atoms with van der Waals surface area (Å²) >= 11 is 5.45. The van der Waals surface area contributed by atoms with Crippen LogP contribution in [0.15, 0.2) is 12.2 Å². The maximum atomic E-state index is 5.45. The molecule has 2 nitrogen and oxygen atoms in total. The molecule has 0 amide bonds. The van der Waals surface area contributed by atoms with Gasteiger partial charge in [-0.25, -0.2) is 0 Å². The van der Waals surface area contributed by atoms with Crippen LogP contribution in [0.5, 0.6) is 0 Å². The molecule has 0 unspecified atom stereocenters. The van der Waals surface area contributed by atoms with Crippen LogP contribution in [0.2, 0.25) is 0 Å². The number of allylic oxidation sites excluding steroid dienone is 1. The molecule has 1 aliphatic heterocycles. The highest BCUT2D eigenvalue weighted by Gasteiger charge is 2.12. The lowest BCUT2D eigenvalue weighted by Crippen LogP contribution is -2.22. The second-order valence-electron chi connectivity index (χ2n) is 2.76. The van der Waals surface area contributed by atoms with Gasteiger partial charge in [0.25, 0.3) is 0 Å². The fourth-order valence-corrected chi connectivity index (χ4v) is 1.26. The number of hydrogen-bond acceptors (Lipinski definition) is 2. The Morgan fingerprint density at radius 1 is 1.42 bits per heavy atom. The minimum Gasteiger partial charge on any atom is -0.353 e. The molecule has 0 saturated carbocycles. The van der Waals surface area contributed by atoms with Crippen LogP contribution in [-0.2, 0) is 9.47 Å². The smallest absolute Gasteiger partial charge is 0.157 e. The van der Waals surface area contributed by atoms with Crippen molar-refractivity contribution in [1.29, 1.82) is 0 Å². The Morgan fingerprint density at radius 2 is 2.33 bits per heavy atom. The van der Waals surface area contributed by atoms with Gasteiger partial charge in [0.2, 0.25) is 0 Å². The third-order valence-electron chi connectivity index (χ3n) is 1.77. The standard InChI is InChI=1S/C9H15ClO2/c10-6-2-4-8-12-9-5-1-3-7-11-9/h2,4,9H,1,3,5-8H2/b4-2+/t9-/m1/s1. The Balaban J connectivity index is 2.01. The average Bonchev–Trinajstić information content (AvgIpc) is 2.14. The number of rotatable bonds is 4. The van der Waals surface area contributed by atoms with Gasteiger partial charge in [0.15, 0.2) is 6.29 Å². The van der Waals surface area contributed by atoms with Crippen molar-refractivity contribution in [2.24, 2.45) is 0 Å². The first-order valence-electron chi connectivity index (χ1n) is 4.37. The largest absolute Gasteiger partial charge is 0.353 e. The van der Waals surface area contributed by atoms with Gasteiger partial charge in [0, 0.05) is 12.5 Å². The van der Waals surface area contributed by atoms with Crippen molar-refractivity contribution in [2.75, 3.05) is 19.1 Å². The van der Waals surface area contributed by atoms with Gasteiger partial charge >= 0.3 is 0 Å². The van der Waals surface area contributed by atoms with E-state index >= 15 is 0 Å². The molecular formula is C9H15ClO2. The van der Waals surface area contributed by atoms with Gasteiger partial charge in [-0.05, 0) is 19.3 Å². The lowest BCUT2D eigenvalue weighted by atomic mass is 10.2. The molecule has 1 atom stereocenters. The second-order valence-corrected chi connectivity index (χ2v) is 3.06. The van der Waals surface area contributed by atoms with Gasteiger partial charge < -0.3 is 9.47 Å². The number of ether oxygens (including phenoxy) is 2. The summed E-state index contributed by atoms with van der Waals surface area (Å²) in [6.07, 6.45) is 7.21.